The van der Waals surface area contributed by atoms with Crippen molar-refractivity contribution >= 4 is 11.9 Å². The summed E-state index contributed by atoms with van der Waals surface area (Å²) >= 11 is 0. The van der Waals surface area contributed by atoms with E-state index in [-0.39, 0.29) is 18.5 Å². The maximum absolute atomic E-state index is 13.9. The fourth-order valence-electron chi connectivity index (χ4n) is 3.57. The number of ether oxygens (including phenoxy) is 1. The van der Waals surface area contributed by atoms with Gasteiger partial charge in [-0.15, -0.1) is 13.2 Å². The number of halogens is 5. The number of amides is 3. The fraction of sp³-hybridized carbons (Fsp3) is 0.300. The van der Waals surface area contributed by atoms with E-state index in [9.17, 15) is 31.5 Å². The Labute approximate surface area is 172 Å². The standard InChI is InChI=1S/C20H16F5N3O3/c21-19(22)8-12-2-1-11(7-14(12)19)16(28-17(29)15-9-26-18(30)27-15)10-3-5-13(6-4-10)31-20(23,24)25/h1-7,15-16H,8-9H2,(H,28,29)(H2,26,27,30)/t15-,16+/m0/s1. The molecule has 3 amide bonds. The van der Waals surface area contributed by atoms with Gasteiger partial charge in [-0.1, -0.05) is 24.3 Å². The number of hydrogen-bond donors (Lipinski definition) is 3. The van der Waals surface area contributed by atoms with E-state index in [0.29, 0.717) is 16.7 Å². The number of fused-ring (bicyclic) bond motifs is 1. The molecule has 31 heavy (non-hydrogen) atoms. The zero-order valence-electron chi connectivity index (χ0n) is 15.7. The lowest BCUT2D eigenvalue weighted by Gasteiger charge is -2.31. The van der Waals surface area contributed by atoms with Crippen molar-refractivity contribution in [1.82, 2.24) is 16.0 Å². The van der Waals surface area contributed by atoms with E-state index < -0.39 is 42.1 Å². The average molecular weight is 441 g/mol. The number of carbonyl (C=O) groups excluding carboxylic acids is 2. The Morgan fingerprint density at radius 1 is 1.13 bits per heavy atom. The quantitative estimate of drug-likeness (QED) is 0.624. The number of nitrogens with one attached hydrogen (secondary N) is 3. The second-order valence-electron chi connectivity index (χ2n) is 7.26. The minimum atomic E-state index is -4.86. The lowest BCUT2D eigenvalue weighted by Crippen LogP contribution is -2.44. The molecule has 0 aromatic heterocycles. The minimum absolute atomic E-state index is 0.0397. The summed E-state index contributed by atoms with van der Waals surface area (Å²) in [6.07, 6.45) is -5.24. The summed E-state index contributed by atoms with van der Waals surface area (Å²) in [5.74, 6) is -4.01. The van der Waals surface area contributed by atoms with E-state index in [2.05, 4.69) is 20.7 Å². The van der Waals surface area contributed by atoms with Crippen LogP contribution in [0.1, 0.15) is 28.3 Å². The first-order valence-electron chi connectivity index (χ1n) is 9.23. The molecule has 0 saturated carbocycles. The monoisotopic (exact) mass is 441 g/mol. The second-order valence-corrected chi connectivity index (χ2v) is 7.26. The van der Waals surface area contributed by atoms with E-state index in [0.717, 1.165) is 12.1 Å². The van der Waals surface area contributed by atoms with Crippen molar-refractivity contribution in [3.05, 3.63) is 64.7 Å². The van der Waals surface area contributed by atoms with Crippen LogP contribution in [0.15, 0.2) is 42.5 Å². The molecule has 2 aliphatic rings. The van der Waals surface area contributed by atoms with E-state index in [1.165, 1.54) is 24.3 Å². The smallest absolute Gasteiger partial charge is 0.406 e. The molecule has 0 spiro atoms. The Bertz CT molecular complexity index is 1020. The van der Waals surface area contributed by atoms with Crippen LogP contribution in [-0.2, 0) is 17.1 Å². The Morgan fingerprint density at radius 2 is 1.81 bits per heavy atom. The number of benzene rings is 2. The summed E-state index contributed by atoms with van der Waals surface area (Å²) in [5.41, 5.74) is 1.01. The van der Waals surface area contributed by atoms with E-state index >= 15 is 0 Å². The molecule has 1 aliphatic carbocycles. The molecule has 164 valence electrons. The van der Waals surface area contributed by atoms with Crippen LogP contribution in [0.5, 0.6) is 5.75 Å². The van der Waals surface area contributed by atoms with Gasteiger partial charge in [0, 0.05) is 18.5 Å². The Balaban J connectivity index is 1.64. The number of alkyl halides is 5. The second kappa shape index (κ2) is 7.40. The van der Waals surface area contributed by atoms with Crippen LogP contribution in [0, 0.1) is 0 Å². The average Bonchev–Trinajstić information content (AvgIpc) is 3.12. The summed E-state index contributed by atoms with van der Waals surface area (Å²) < 4.78 is 68.8. The predicted molar refractivity (Wildman–Crippen MR) is 97.5 cm³/mol. The van der Waals surface area contributed by atoms with Crippen molar-refractivity contribution < 1.29 is 36.3 Å². The van der Waals surface area contributed by atoms with Crippen molar-refractivity contribution in [2.45, 2.75) is 30.8 Å². The topological polar surface area (TPSA) is 79.5 Å². The Hall–Kier alpha value is -3.37. The van der Waals surface area contributed by atoms with Crippen LogP contribution in [0.2, 0.25) is 0 Å². The first-order chi connectivity index (χ1) is 14.5. The first-order valence-corrected chi connectivity index (χ1v) is 9.23. The van der Waals surface area contributed by atoms with Gasteiger partial charge in [-0.2, -0.15) is 0 Å². The predicted octanol–water partition coefficient (Wildman–Crippen LogP) is 3.12. The number of urea groups is 1. The molecule has 0 bridgehead atoms. The molecule has 6 nitrogen and oxygen atoms in total. The molecular formula is C20H16F5N3O3. The Morgan fingerprint density at radius 3 is 2.39 bits per heavy atom. The molecule has 1 saturated heterocycles. The molecule has 0 radical (unpaired) electrons. The van der Waals surface area contributed by atoms with E-state index in [1.54, 1.807) is 6.07 Å². The zero-order chi connectivity index (χ0) is 22.4. The third-order valence-electron chi connectivity index (χ3n) is 5.10. The summed E-state index contributed by atoms with van der Waals surface area (Å²) in [4.78, 5) is 23.9. The number of hydrogen-bond acceptors (Lipinski definition) is 3. The number of carbonyl (C=O) groups is 2. The highest BCUT2D eigenvalue weighted by Crippen LogP contribution is 2.45. The summed E-state index contributed by atoms with van der Waals surface area (Å²) in [6.45, 7) is 0.0397. The molecule has 1 fully saturated rings. The van der Waals surface area contributed by atoms with Crippen molar-refractivity contribution in [3.8, 4) is 5.75 Å². The third-order valence-corrected chi connectivity index (χ3v) is 5.10. The maximum Gasteiger partial charge on any atom is 0.573 e. The largest absolute Gasteiger partial charge is 0.573 e. The molecule has 3 N–H and O–H groups in total. The third kappa shape index (κ3) is 4.39. The van der Waals surface area contributed by atoms with E-state index in [1.807, 2.05) is 0 Å². The van der Waals surface area contributed by atoms with Crippen LogP contribution in [0.4, 0.5) is 26.7 Å². The zero-order valence-corrected chi connectivity index (χ0v) is 15.7. The van der Waals surface area contributed by atoms with Crippen molar-refractivity contribution in [1.29, 1.82) is 0 Å². The van der Waals surface area contributed by atoms with Crippen LogP contribution in [0.3, 0.4) is 0 Å². The first kappa shape index (κ1) is 20.9. The molecule has 1 aliphatic heterocycles. The van der Waals surface area contributed by atoms with Gasteiger partial charge in [-0.05, 0) is 34.9 Å². The van der Waals surface area contributed by atoms with Crippen molar-refractivity contribution in [2.75, 3.05) is 6.54 Å². The Kier molecular flexibility index (Phi) is 4.98. The molecule has 2 aromatic rings. The maximum atomic E-state index is 13.9. The molecule has 1 heterocycles. The lowest BCUT2D eigenvalue weighted by molar-refractivity contribution is -0.274. The molecule has 2 atom stereocenters. The summed E-state index contributed by atoms with van der Waals surface area (Å²) in [5, 5.41) is 7.53. The lowest BCUT2D eigenvalue weighted by atomic mass is 9.81. The summed E-state index contributed by atoms with van der Waals surface area (Å²) in [7, 11) is 0. The highest BCUT2D eigenvalue weighted by Gasteiger charge is 2.44. The van der Waals surface area contributed by atoms with Gasteiger partial charge in [0.25, 0.3) is 5.92 Å². The SMILES string of the molecule is O=C1NC[C@@H](C(=O)N[C@H](c2ccc(OC(F)(F)F)cc2)c2ccc3c(c2)C(F)(F)C3)N1. The molecule has 2 aromatic carbocycles. The van der Waals surface area contributed by atoms with Gasteiger partial charge in [-0.3, -0.25) is 4.79 Å². The fourth-order valence-corrected chi connectivity index (χ4v) is 3.57. The van der Waals surface area contributed by atoms with Gasteiger partial charge >= 0.3 is 12.4 Å². The number of rotatable bonds is 5. The van der Waals surface area contributed by atoms with Gasteiger partial charge in [0.2, 0.25) is 5.91 Å². The van der Waals surface area contributed by atoms with Gasteiger partial charge < -0.3 is 20.7 Å². The highest BCUT2D eigenvalue weighted by molar-refractivity contribution is 5.90. The van der Waals surface area contributed by atoms with Crippen LogP contribution < -0.4 is 20.7 Å². The van der Waals surface area contributed by atoms with Gasteiger partial charge in [0.15, 0.2) is 0 Å². The van der Waals surface area contributed by atoms with E-state index in [4.69, 9.17) is 0 Å². The van der Waals surface area contributed by atoms with Gasteiger partial charge in [0.1, 0.15) is 11.8 Å². The molecule has 11 heteroatoms. The molecule has 4 rings (SSSR count). The normalized spacial score (nSPS) is 20.0. The van der Waals surface area contributed by atoms with Gasteiger partial charge in [0.05, 0.1) is 6.04 Å². The van der Waals surface area contributed by atoms with Crippen LogP contribution in [-0.4, -0.2) is 30.9 Å². The van der Waals surface area contributed by atoms with Crippen molar-refractivity contribution in [2.24, 2.45) is 0 Å². The minimum Gasteiger partial charge on any atom is -0.406 e. The highest BCUT2D eigenvalue weighted by atomic mass is 19.4. The van der Waals surface area contributed by atoms with Crippen molar-refractivity contribution in [3.63, 3.8) is 0 Å². The van der Waals surface area contributed by atoms with Gasteiger partial charge in [-0.25, -0.2) is 13.6 Å². The summed E-state index contributed by atoms with van der Waals surface area (Å²) in [6, 6.07) is 6.77. The van der Waals surface area contributed by atoms with Crippen LogP contribution >= 0.6 is 0 Å². The molecular weight excluding hydrogens is 425 g/mol. The van der Waals surface area contributed by atoms with Crippen LogP contribution in [0.25, 0.3) is 0 Å². The molecule has 0 unspecified atom stereocenters.